The van der Waals surface area contributed by atoms with Gasteiger partial charge in [0.25, 0.3) is 5.91 Å². The fourth-order valence-electron chi connectivity index (χ4n) is 1.48. The van der Waals surface area contributed by atoms with Crippen molar-refractivity contribution in [1.82, 2.24) is 5.06 Å². The van der Waals surface area contributed by atoms with E-state index in [1.54, 1.807) is 7.05 Å². The third-order valence-corrected chi connectivity index (χ3v) is 3.20. The molecule has 0 aliphatic carbocycles. The van der Waals surface area contributed by atoms with Crippen LogP contribution in [0.4, 0.5) is 0 Å². The third kappa shape index (κ3) is 2.83. The van der Waals surface area contributed by atoms with Crippen molar-refractivity contribution in [3.05, 3.63) is 33.3 Å². The van der Waals surface area contributed by atoms with Crippen LogP contribution in [0.2, 0.25) is 0 Å². The minimum atomic E-state index is -0.125. The van der Waals surface area contributed by atoms with E-state index in [0.29, 0.717) is 12.2 Å². The minimum Gasteiger partial charge on any atom is -0.271 e. The molecule has 0 aliphatic heterocycles. The SMILES string of the molecule is CCON(C)C(=O)c1cc(Br)c(C)cc1C. The molecule has 1 rings (SSSR count). The second-order valence-corrected chi connectivity index (χ2v) is 4.49. The summed E-state index contributed by atoms with van der Waals surface area (Å²) in [5.74, 6) is -0.125. The smallest absolute Gasteiger partial charge is 0.271 e. The highest BCUT2D eigenvalue weighted by Gasteiger charge is 2.15. The van der Waals surface area contributed by atoms with Crippen molar-refractivity contribution < 1.29 is 9.63 Å². The van der Waals surface area contributed by atoms with Gasteiger partial charge in [0.15, 0.2) is 0 Å². The van der Waals surface area contributed by atoms with E-state index in [1.165, 1.54) is 5.06 Å². The Kier molecular flexibility index (Phi) is 4.50. The van der Waals surface area contributed by atoms with Crippen LogP contribution < -0.4 is 0 Å². The normalized spacial score (nSPS) is 10.3. The zero-order valence-corrected chi connectivity index (χ0v) is 11.6. The topological polar surface area (TPSA) is 29.5 Å². The molecule has 0 spiro atoms. The highest BCUT2D eigenvalue weighted by atomic mass is 79.9. The lowest BCUT2D eigenvalue weighted by Gasteiger charge is -2.17. The fourth-order valence-corrected chi connectivity index (χ4v) is 1.82. The Balaban J connectivity index is 3.04. The molecule has 0 aromatic heterocycles. The number of benzene rings is 1. The zero-order chi connectivity index (χ0) is 12.3. The van der Waals surface area contributed by atoms with Gasteiger partial charge in [-0.15, -0.1) is 0 Å². The lowest BCUT2D eigenvalue weighted by Crippen LogP contribution is -2.27. The van der Waals surface area contributed by atoms with Crippen molar-refractivity contribution in [2.45, 2.75) is 20.8 Å². The van der Waals surface area contributed by atoms with Crippen LogP contribution in [0.5, 0.6) is 0 Å². The second-order valence-electron chi connectivity index (χ2n) is 3.64. The molecule has 4 heteroatoms. The van der Waals surface area contributed by atoms with Crippen LogP contribution in [0.25, 0.3) is 0 Å². The van der Waals surface area contributed by atoms with Crippen LogP contribution in [-0.4, -0.2) is 24.6 Å². The Morgan fingerprint density at radius 1 is 1.38 bits per heavy atom. The van der Waals surface area contributed by atoms with E-state index in [2.05, 4.69) is 15.9 Å². The lowest BCUT2D eigenvalue weighted by molar-refractivity contribution is -0.100. The van der Waals surface area contributed by atoms with E-state index in [0.717, 1.165) is 15.6 Å². The summed E-state index contributed by atoms with van der Waals surface area (Å²) in [6, 6.07) is 3.82. The fraction of sp³-hybridized carbons (Fsp3) is 0.417. The molecule has 0 atom stereocenters. The molecule has 1 aromatic carbocycles. The number of hydrogen-bond donors (Lipinski definition) is 0. The van der Waals surface area contributed by atoms with Gasteiger partial charge in [0.1, 0.15) is 0 Å². The summed E-state index contributed by atoms with van der Waals surface area (Å²) in [6.07, 6.45) is 0. The van der Waals surface area contributed by atoms with E-state index in [9.17, 15) is 4.79 Å². The second kappa shape index (κ2) is 5.46. The lowest BCUT2D eigenvalue weighted by atomic mass is 10.1. The van der Waals surface area contributed by atoms with Gasteiger partial charge in [-0.2, -0.15) is 0 Å². The summed E-state index contributed by atoms with van der Waals surface area (Å²) >= 11 is 3.43. The summed E-state index contributed by atoms with van der Waals surface area (Å²) < 4.78 is 0.936. The Morgan fingerprint density at radius 2 is 2.00 bits per heavy atom. The number of rotatable bonds is 3. The molecule has 0 radical (unpaired) electrons. The third-order valence-electron chi connectivity index (χ3n) is 2.34. The summed E-state index contributed by atoms with van der Waals surface area (Å²) in [7, 11) is 1.62. The molecule has 0 saturated carbocycles. The van der Waals surface area contributed by atoms with E-state index < -0.39 is 0 Å². The van der Waals surface area contributed by atoms with Gasteiger partial charge in [-0.05, 0) is 38.0 Å². The molecule has 0 unspecified atom stereocenters. The number of carbonyl (C=O) groups excluding carboxylic acids is 1. The summed E-state index contributed by atoms with van der Waals surface area (Å²) in [4.78, 5) is 17.2. The number of halogens is 1. The van der Waals surface area contributed by atoms with Gasteiger partial charge in [-0.3, -0.25) is 9.63 Å². The first-order valence-electron chi connectivity index (χ1n) is 5.15. The van der Waals surface area contributed by atoms with E-state index in [1.807, 2.05) is 32.9 Å². The summed E-state index contributed by atoms with van der Waals surface area (Å²) in [5.41, 5.74) is 2.73. The molecule has 0 saturated heterocycles. The molecule has 1 amide bonds. The molecular formula is C12H16BrNO2. The summed E-state index contributed by atoms with van der Waals surface area (Å²) in [5, 5.41) is 1.27. The highest BCUT2D eigenvalue weighted by molar-refractivity contribution is 9.10. The van der Waals surface area contributed by atoms with Crippen LogP contribution >= 0.6 is 15.9 Å². The maximum atomic E-state index is 12.0. The number of hydroxylamine groups is 2. The van der Waals surface area contributed by atoms with Crippen molar-refractivity contribution in [3.63, 3.8) is 0 Å². The number of carbonyl (C=O) groups is 1. The highest BCUT2D eigenvalue weighted by Crippen LogP contribution is 2.22. The molecule has 0 N–H and O–H groups in total. The Morgan fingerprint density at radius 3 is 2.56 bits per heavy atom. The number of amides is 1. The largest absolute Gasteiger partial charge is 0.277 e. The number of hydrogen-bond acceptors (Lipinski definition) is 2. The van der Waals surface area contributed by atoms with Gasteiger partial charge in [0, 0.05) is 17.1 Å². The average Bonchev–Trinajstić information content (AvgIpc) is 2.23. The van der Waals surface area contributed by atoms with Crippen molar-refractivity contribution in [2.75, 3.05) is 13.7 Å². The first kappa shape index (κ1) is 13.2. The van der Waals surface area contributed by atoms with Crippen LogP contribution in [0.15, 0.2) is 16.6 Å². The molecule has 0 fully saturated rings. The van der Waals surface area contributed by atoms with Gasteiger partial charge >= 0.3 is 0 Å². The van der Waals surface area contributed by atoms with Crippen molar-refractivity contribution in [1.29, 1.82) is 0 Å². The number of nitrogens with zero attached hydrogens (tertiary/aromatic N) is 1. The van der Waals surface area contributed by atoms with Crippen molar-refractivity contribution >= 4 is 21.8 Å². The minimum absolute atomic E-state index is 0.125. The molecule has 88 valence electrons. The quantitative estimate of drug-likeness (QED) is 0.799. The van der Waals surface area contributed by atoms with E-state index in [-0.39, 0.29) is 5.91 Å². The van der Waals surface area contributed by atoms with Gasteiger partial charge in [0.2, 0.25) is 0 Å². The molecule has 3 nitrogen and oxygen atoms in total. The van der Waals surface area contributed by atoms with Gasteiger partial charge in [-0.25, -0.2) is 5.06 Å². The van der Waals surface area contributed by atoms with E-state index >= 15 is 0 Å². The molecular weight excluding hydrogens is 270 g/mol. The maximum absolute atomic E-state index is 12.0. The van der Waals surface area contributed by atoms with Crippen LogP contribution in [-0.2, 0) is 4.84 Å². The molecule has 0 bridgehead atoms. The first-order valence-corrected chi connectivity index (χ1v) is 5.94. The van der Waals surface area contributed by atoms with Crippen molar-refractivity contribution in [2.24, 2.45) is 0 Å². The van der Waals surface area contributed by atoms with Crippen LogP contribution in [0, 0.1) is 13.8 Å². The Bertz CT molecular complexity index is 404. The molecule has 1 aromatic rings. The first-order chi connectivity index (χ1) is 7.47. The van der Waals surface area contributed by atoms with Crippen LogP contribution in [0.3, 0.4) is 0 Å². The maximum Gasteiger partial charge on any atom is 0.277 e. The van der Waals surface area contributed by atoms with Crippen LogP contribution in [0.1, 0.15) is 28.4 Å². The average molecular weight is 286 g/mol. The van der Waals surface area contributed by atoms with Crippen molar-refractivity contribution in [3.8, 4) is 0 Å². The van der Waals surface area contributed by atoms with Gasteiger partial charge < -0.3 is 0 Å². The molecule has 0 heterocycles. The number of aryl methyl sites for hydroxylation is 2. The standard InChI is InChI=1S/C12H16BrNO2/c1-5-16-14(4)12(15)10-7-11(13)9(3)6-8(10)2/h6-7H,5H2,1-4H3. The zero-order valence-electron chi connectivity index (χ0n) is 10.0. The molecule has 16 heavy (non-hydrogen) atoms. The summed E-state index contributed by atoms with van der Waals surface area (Å²) in [6.45, 7) is 6.25. The van der Waals surface area contributed by atoms with Gasteiger partial charge in [0.05, 0.1) is 6.61 Å². The van der Waals surface area contributed by atoms with E-state index in [4.69, 9.17) is 4.84 Å². The predicted molar refractivity (Wildman–Crippen MR) is 67.3 cm³/mol. The van der Waals surface area contributed by atoms with Gasteiger partial charge in [-0.1, -0.05) is 22.0 Å². The monoisotopic (exact) mass is 285 g/mol. The predicted octanol–water partition coefficient (Wildman–Crippen LogP) is 3.09. The Hall–Kier alpha value is -0.870. The molecule has 0 aliphatic rings. The Labute approximate surface area is 104 Å².